The summed E-state index contributed by atoms with van der Waals surface area (Å²) >= 11 is 19.5. The predicted octanol–water partition coefficient (Wildman–Crippen LogP) is 2.28. The molecule has 0 radical (unpaired) electrons. The van der Waals surface area contributed by atoms with Crippen LogP contribution in [0.5, 0.6) is 0 Å². The summed E-state index contributed by atoms with van der Waals surface area (Å²) < 4.78 is -1.96. The molecule has 0 fully saturated rings. The number of alkyl halides is 3. The van der Waals surface area contributed by atoms with Gasteiger partial charge in [-0.15, -0.1) is 0 Å². The molecule has 0 heterocycles. The van der Waals surface area contributed by atoms with Crippen LogP contribution in [-0.4, -0.2) is 9.03 Å². The van der Waals surface area contributed by atoms with Crippen LogP contribution in [-0.2, 0) is 4.79 Å². The Hall–Kier alpha value is 0.790. The van der Waals surface area contributed by atoms with Crippen molar-refractivity contribution in [2.75, 3.05) is 0 Å². The highest BCUT2D eigenvalue weighted by molar-refractivity contribution is 6.88. The zero-order valence-corrected chi connectivity index (χ0v) is 6.65. The Labute approximate surface area is 66.6 Å². The van der Waals surface area contributed by atoms with E-state index in [1.807, 2.05) is 0 Å². The van der Waals surface area contributed by atoms with E-state index in [-0.39, 0.29) is 6.15 Å². The number of hydrogen-bond acceptors (Lipinski definition) is 2. The van der Waals surface area contributed by atoms with Crippen LogP contribution in [0.1, 0.15) is 0 Å². The lowest BCUT2D eigenvalue weighted by Gasteiger charge is -1.99. The summed E-state index contributed by atoms with van der Waals surface area (Å²) in [5, 5.41) is -0.988. The Morgan fingerprint density at radius 1 is 1.25 bits per heavy atom. The maximum atomic E-state index is 9.83. The third-order valence-corrected chi connectivity index (χ3v) is 1.31. The molecule has 0 unspecified atom stereocenters. The highest BCUT2D eigenvalue weighted by atomic mass is 35.6. The van der Waals surface area contributed by atoms with Gasteiger partial charge in [-0.05, 0) is 11.6 Å². The van der Waals surface area contributed by atoms with Crippen LogP contribution in [0.3, 0.4) is 0 Å². The van der Waals surface area contributed by atoms with E-state index in [1.54, 1.807) is 0 Å². The maximum absolute atomic E-state index is 9.83. The van der Waals surface area contributed by atoms with Crippen molar-refractivity contribution in [3.05, 3.63) is 0 Å². The van der Waals surface area contributed by atoms with Crippen LogP contribution in [0.2, 0.25) is 0 Å². The van der Waals surface area contributed by atoms with Crippen molar-refractivity contribution in [1.82, 2.24) is 6.15 Å². The van der Waals surface area contributed by atoms with E-state index < -0.39 is 9.03 Å². The Balaban J connectivity index is 0. The van der Waals surface area contributed by atoms with Gasteiger partial charge in [0.15, 0.2) is 0 Å². The minimum atomic E-state index is -1.96. The fourth-order valence-electron chi connectivity index (χ4n) is 0. The van der Waals surface area contributed by atoms with Crippen molar-refractivity contribution in [3.63, 3.8) is 0 Å². The second kappa shape index (κ2) is 3.75. The molecule has 6 heteroatoms. The quantitative estimate of drug-likeness (QED) is 0.480. The summed E-state index contributed by atoms with van der Waals surface area (Å²) in [5.74, 6) is 0. The largest absolute Gasteiger partial charge is 0.344 e. The van der Waals surface area contributed by atoms with Gasteiger partial charge in [-0.2, -0.15) is 0 Å². The van der Waals surface area contributed by atoms with Gasteiger partial charge in [0.1, 0.15) is 0 Å². The Morgan fingerprint density at radius 2 is 1.38 bits per heavy atom. The summed E-state index contributed by atoms with van der Waals surface area (Å²) in [4.78, 5) is 9.83. The average molecular weight is 199 g/mol. The minimum absolute atomic E-state index is 0. The molecule has 0 aliphatic rings. The molecular weight excluding hydrogens is 196 g/mol. The molecule has 0 aromatic heterocycles. The van der Waals surface area contributed by atoms with E-state index in [1.165, 1.54) is 0 Å². The number of carbonyl (C=O) groups excluding carboxylic acids is 1. The average Bonchev–Trinajstić information content (AvgIpc) is 1.31. The first-order valence-electron chi connectivity index (χ1n) is 1.21. The van der Waals surface area contributed by atoms with Crippen LogP contribution in [0.15, 0.2) is 0 Å². The van der Waals surface area contributed by atoms with E-state index in [9.17, 15) is 4.79 Å². The van der Waals surface area contributed by atoms with Crippen LogP contribution >= 0.6 is 46.4 Å². The number of carbonyl (C=O) groups is 1. The Morgan fingerprint density at radius 3 is 1.38 bits per heavy atom. The molecule has 0 spiro atoms. The summed E-state index contributed by atoms with van der Waals surface area (Å²) in [7, 11) is 0. The standard InChI is InChI=1S/C2Cl4O.H3N/c3-1(7)2(4,5)6;/h;1H3. The van der Waals surface area contributed by atoms with Gasteiger partial charge in [0, 0.05) is 0 Å². The smallest absolute Gasteiger partial charge is 0.273 e. The summed E-state index contributed by atoms with van der Waals surface area (Å²) in [6, 6.07) is 0. The van der Waals surface area contributed by atoms with Gasteiger partial charge in [-0.3, -0.25) is 4.79 Å². The molecule has 0 rings (SSSR count). The third-order valence-electron chi connectivity index (χ3n) is 0.223. The van der Waals surface area contributed by atoms with Gasteiger partial charge in [-0.1, -0.05) is 34.8 Å². The van der Waals surface area contributed by atoms with Gasteiger partial charge >= 0.3 is 0 Å². The highest BCUT2D eigenvalue weighted by Crippen LogP contribution is 2.28. The second-order valence-corrected chi connectivity index (χ2v) is 3.40. The molecule has 0 bridgehead atoms. The zero-order chi connectivity index (χ0) is 6.08. The van der Waals surface area contributed by atoms with E-state index in [0.29, 0.717) is 0 Å². The second-order valence-electron chi connectivity index (χ2n) is 0.771. The normalized spacial score (nSPS) is 10.0. The number of halogens is 4. The third kappa shape index (κ3) is 4.94. The predicted molar refractivity (Wildman–Crippen MR) is 36.2 cm³/mol. The minimum Gasteiger partial charge on any atom is -0.344 e. The molecular formula is C2H3Cl4NO. The molecule has 0 amide bonds. The monoisotopic (exact) mass is 197 g/mol. The topological polar surface area (TPSA) is 52.1 Å². The van der Waals surface area contributed by atoms with Crippen LogP contribution in [0, 0.1) is 0 Å². The lowest BCUT2D eigenvalue weighted by atomic mass is 10.9. The SMILES string of the molecule is N.O=C(Cl)C(Cl)(Cl)Cl. The summed E-state index contributed by atoms with van der Waals surface area (Å²) in [5.41, 5.74) is 0. The first-order valence-corrected chi connectivity index (χ1v) is 2.72. The maximum Gasteiger partial charge on any atom is 0.273 e. The van der Waals surface area contributed by atoms with Crippen molar-refractivity contribution in [3.8, 4) is 0 Å². The zero-order valence-electron chi connectivity index (χ0n) is 3.63. The lowest BCUT2D eigenvalue weighted by molar-refractivity contribution is -0.110. The van der Waals surface area contributed by atoms with Crippen molar-refractivity contribution >= 4 is 51.6 Å². The molecule has 50 valence electrons. The summed E-state index contributed by atoms with van der Waals surface area (Å²) in [6.07, 6.45) is 0. The molecule has 0 saturated carbocycles. The lowest BCUT2D eigenvalue weighted by Crippen LogP contribution is -2.10. The van der Waals surface area contributed by atoms with Crippen molar-refractivity contribution in [2.45, 2.75) is 3.79 Å². The molecule has 8 heavy (non-hydrogen) atoms. The highest BCUT2D eigenvalue weighted by Gasteiger charge is 2.27. The Kier molecular flexibility index (Phi) is 5.42. The molecule has 0 atom stereocenters. The van der Waals surface area contributed by atoms with Crippen LogP contribution < -0.4 is 6.15 Å². The van der Waals surface area contributed by atoms with Gasteiger partial charge in [0.25, 0.3) is 9.03 Å². The van der Waals surface area contributed by atoms with Crippen molar-refractivity contribution in [2.24, 2.45) is 0 Å². The van der Waals surface area contributed by atoms with Gasteiger partial charge in [0.05, 0.1) is 0 Å². The molecule has 3 N–H and O–H groups in total. The Bertz CT molecular complexity index is 86.5. The van der Waals surface area contributed by atoms with Gasteiger partial charge in [-0.25, -0.2) is 0 Å². The fraction of sp³-hybridized carbons (Fsp3) is 0.500. The molecule has 2 nitrogen and oxygen atoms in total. The van der Waals surface area contributed by atoms with Crippen LogP contribution in [0.4, 0.5) is 0 Å². The van der Waals surface area contributed by atoms with Gasteiger partial charge in [0.2, 0.25) is 0 Å². The van der Waals surface area contributed by atoms with E-state index in [2.05, 4.69) is 0 Å². The first kappa shape index (κ1) is 11.6. The van der Waals surface area contributed by atoms with Crippen molar-refractivity contribution in [1.29, 1.82) is 0 Å². The van der Waals surface area contributed by atoms with Crippen molar-refractivity contribution < 1.29 is 4.79 Å². The van der Waals surface area contributed by atoms with E-state index >= 15 is 0 Å². The van der Waals surface area contributed by atoms with E-state index in [0.717, 1.165) is 0 Å². The first-order chi connectivity index (χ1) is 2.94. The van der Waals surface area contributed by atoms with E-state index in [4.69, 9.17) is 46.4 Å². The molecule has 0 aromatic rings. The molecule has 0 aliphatic heterocycles. The van der Waals surface area contributed by atoms with Crippen LogP contribution in [0.25, 0.3) is 0 Å². The molecule has 0 aliphatic carbocycles. The fourth-order valence-corrected chi connectivity index (χ4v) is 0. The van der Waals surface area contributed by atoms with Gasteiger partial charge < -0.3 is 6.15 Å². The molecule has 0 aromatic carbocycles. The number of hydrogen-bond donors (Lipinski definition) is 1. The molecule has 0 saturated heterocycles. The number of rotatable bonds is 0. The summed E-state index contributed by atoms with van der Waals surface area (Å²) in [6.45, 7) is 0.